The fourth-order valence-corrected chi connectivity index (χ4v) is 4.15. The fourth-order valence-electron chi connectivity index (χ4n) is 4.15. The number of hydrogen-bond acceptors (Lipinski definition) is 5. The van der Waals surface area contributed by atoms with Crippen LogP contribution in [0.2, 0.25) is 0 Å². The van der Waals surface area contributed by atoms with Crippen LogP contribution < -0.4 is 16.0 Å². The standard InChI is InChI=1S/C24H24N6O/c25-23(31)20-16-30(21-7-3-2-6-19(20)21)22-12-13-26-24(28-22)27-17-8-10-18(11-9-17)29-14-4-1-5-15-29/h2-3,6-13,16H,1,4-5,14-15H2,(H2,25,31)(H,26,27,28). The third kappa shape index (κ3) is 3.82. The molecule has 0 saturated carbocycles. The van der Waals surface area contributed by atoms with Gasteiger partial charge in [-0.2, -0.15) is 4.98 Å². The van der Waals surface area contributed by atoms with Crippen molar-refractivity contribution in [3.63, 3.8) is 0 Å². The number of carbonyl (C=O) groups is 1. The molecule has 0 spiro atoms. The Labute approximate surface area is 180 Å². The second-order valence-corrected chi connectivity index (χ2v) is 7.75. The van der Waals surface area contributed by atoms with E-state index in [4.69, 9.17) is 5.73 Å². The first-order valence-electron chi connectivity index (χ1n) is 10.5. The average Bonchev–Trinajstić information content (AvgIpc) is 3.21. The van der Waals surface area contributed by atoms with Crippen molar-refractivity contribution in [2.45, 2.75) is 19.3 Å². The van der Waals surface area contributed by atoms with Gasteiger partial charge in [0.1, 0.15) is 5.82 Å². The first kappa shape index (κ1) is 19.1. The van der Waals surface area contributed by atoms with Gasteiger partial charge >= 0.3 is 0 Å². The van der Waals surface area contributed by atoms with Crippen LogP contribution in [0.25, 0.3) is 16.7 Å². The third-order valence-corrected chi connectivity index (χ3v) is 5.71. The zero-order valence-electron chi connectivity index (χ0n) is 17.2. The largest absolute Gasteiger partial charge is 0.372 e. The van der Waals surface area contributed by atoms with Crippen LogP contribution >= 0.6 is 0 Å². The van der Waals surface area contributed by atoms with Crippen LogP contribution in [-0.4, -0.2) is 33.5 Å². The Morgan fingerprint density at radius 3 is 2.52 bits per heavy atom. The predicted octanol–water partition coefficient (Wildman–Crippen LogP) is 4.25. The smallest absolute Gasteiger partial charge is 0.250 e. The average molecular weight is 412 g/mol. The molecule has 2 aromatic carbocycles. The zero-order chi connectivity index (χ0) is 21.2. The Morgan fingerprint density at radius 1 is 0.968 bits per heavy atom. The van der Waals surface area contributed by atoms with Crippen LogP contribution in [0.1, 0.15) is 29.6 Å². The summed E-state index contributed by atoms with van der Waals surface area (Å²) in [5.41, 5.74) is 9.08. The lowest BCUT2D eigenvalue weighted by molar-refractivity contribution is 0.100. The molecule has 0 bridgehead atoms. The van der Waals surface area contributed by atoms with Crippen LogP contribution in [0.3, 0.4) is 0 Å². The Bertz CT molecular complexity index is 1220. The molecule has 31 heavy (non-hydrogen) atoms. The molecule has 2 aromatic heterocycles. The van der Waals surface area contributed by atoms with Gasteiger partial charge < -0.3 is 20.5 Å². The van der Waals surface area contributed by atoms with Crippen molar-refractivity contribution in [2.24, 2.45) is 5.73 Å². The highest BCUT2D eigenvalue weighted by molar-refractivity contribution is 6.06. The number of primary amides is 1. The van der Waals surface area contributed by atoms with E-state index in [0.717, 1.165) is 29.7 Å². The van der Waals surface area contributed by atoms with Crippen molar-refractivity contribution in [3.8, 4) is 5.82 Å². The molecule has 5 rings (SSSR count). The summed E-state index contributed by atoms with van der Waals surface area (Å²) >= 11 is 0. The molecule has 156 valence electrons. The molecule has 0 aliphatic carbocycles. The summed E-state index contributed by atoms with van der Waals surface area (Å²) in [5, 5.41) is 4.08. The molecule has 7 heteroatoms. The summed E-state index contributed by atoms with van der Waals surface area (Å²) in [7, 11) is 0. The molecule has 1 aliphatic rings. The fraction of sp³-hybridized carbons (Fsp3) is 0.208. The van der Waals surface area contributed by atoms with Gasteiger partial charge in [0.15, 0.2) is 0 Å². The van der Waals surface area contributed by atoms with Gasteiger partial charge in [0.25, 0.3) is 5.91 Å². The first-order valence-corrected chi connectivity index (χ1v) is 10.5. The minimum absolute atomic E-state index is 0.462. The Hall–Kier alpha value is -3.87. The van der Waals surface area contributed by atoms with Gasteiger partial charge in [0.2, 0.25) is 5.95 Å². The minimum Gasteiger partial charge on any atom is -0.372 e. The zero-order valence-corrected chi connectivity index (χ0v) is 17.2. The summed E-state index contributed by atoms with van der Waals surface area (Å²) in [6, 6.07) is 17.8. The molecule has 1 aliphatic heterocycles. The molecule has 7 nitrogen and oxygen atoms in total. The number of rotatable bonds is 5. The number of amides is 1. The number of anilines is 3. The van der Waals surface area contributed by atoms with Crippen LogP contribution in [0.15, 0.2) is 67.0 Å². The molecule has 1 fully saturated rings. The quantitative estimate of drug-likeness (QED) is 0.511. The Kier molecular flexibility index (Phi) is 5.00. The highest BCUT2D eigenvalue weighted by atomic mass is 16.1. The molecular weight excluding hydrogens is 388 g/mol. The number of nitrogens with zero attached hydrogens (tertiary/aromatic N) is 4. The van der Waals surface area contributed by atoms with E-state index in [9.17, 15) is 4.79 Å². The summed E-state index contributed by atoms with van der Waals surface area (Å²) in [6.07, 6.45) is 7.26. The number of para-hydroxylation sites is 1. The van der Waals surface area contributed by atoms with E-state index < -0.39 is 5.91 Å². The molecule has 1 amide bonds. The maximum absolute atomic E-state index is 11.9. The van der Waals surface area contributed by atoms with Crippen LogP contribution in [-0.2, 0) is 0 Å². The van der Waals surface area contributed by atoms with Gasteiger partial charge in [0.05, 0.1) is 11.1 Å². The van der Waals surface area contributed by atoms with Crippen molar-refractivity contribution < 1.29 is 4.79 Å². The summed E-state index contributed by atoms with van der Waals surface area (Å²) in [4.78, 5) is 23.3. The van der Waals surface area contributed by atoms with Gasteiger partial charge in [0, 0.05) is 42.2 Å². The molecule has 1 saturated heterocycles. The van der Waals surface area contributed by atoms with Crippen molar-refractivity contribution in [1.82, 2.24) is 14.5 Å². The van der Waals surface area contributed by atoms with Gasteiger partial charge in [-0.05, 0) is 55.7 Å². The van der Waals surface area contributed by atoms with E-state index in [1.54, 1.807) is 12.4 Å². The molecular formula is C24H24N6O. The SMILES string of the molecule is NC(=O)c1cn(-c2ccnc(Nc3ccc(N4CCCCC4)cc3)n2)c2ccccc12. The Balaban J connectivity index is 1.41. The van der Waals surface area contributed by atoms with Crippen molar-refractivity contribution in [2.75, 3.05) is 23.3 Å². The van der Waals surface area contributed by atoms with E-state index in [0.29, 0.717) is 17.3 Å². The number of hydrogen-bond donors (Lipinski definition) is 2. The number of piperidine rings is 1. The van der Waals surface area contributed by atoms with Gasteiger partial charge in [-0.3, -0.25) is 4.79 Å². The lowest BCUT2D eigenvalue weighted by Crippen LogP contribution is -2.29. The van der Waals surface area contributed by atoms with Gasteiger partial charge in [-0.15, -0.1) is 0 Å². The second-order valence-electron chi connectivity index (χ2n) is 7.75. The molecule has 3 N–H and O–H groups in total. The van der Waals surface area contributed by atoms with E-state index in [1.807, 2.05) is 34.9 Å². The number of fused-ring (bicyclic) bond motifs is 1. The lowest BCUT2D eigenvalue weighted by Gasteiger charge is -2.28. The summed E-state index contributed by atoms with van der Waals surface area (Å²) in [5.74, 6) is 0.684. The van der Waals surface area contributed by atoms with Crippen LogP contribution in [0.5, 0.6) is 0 Å². The van der Waals surface area contributed by atoms with E-state index >= 15 is 0 Å². The molecule has 0 unspecified atom stereocenters. The normalized spacial score (nSPS) is 14.0. The van der Waals surface area contributed by atoms with Crippen molar-refractivity contribution in [3.05, 3.63) is 72.6 Å². The second kappa shape index (κ2) is 8.10. The van der Waals surface area contributed by atoms with E-state index in [2.05, 4.69) is 44.5 Å². The third-order valence-electron chi connectivity index (χ3n) is 5.71. The topological polar surface area (TPSA) is 89.1 Å². The maximum atomic E-state index is 11.9. The molecule has 0 atom stereocenters. The highest BCUT2D eigenvalue weighted by Crippen LogP contribution is 2.25. The highest BCUT2D eigenvalue weighted by Gasteiger charge is 2.15. The molecule has 0 radical (unpaired) electrons. The van der Waals surface area contributed by atoms with Crippen LogP contribution in [0.4, 0.5) is 17.3 Å². The van der Waals surface area contributed by atoms with Gasteiger partial charge in [-0.25, -0.2) is 4.98 Å². The monoisotopic (exact) mass is 412 g/mol. The summed E-state index contributed by atoms with van der Waals surface area (Å²) in [6.45, 7) is 2.24. The predicted molar refractivity (Wildman–Crippen MR) is 123 cm³/mol. The summed E-state index contributed by atoms with van der Waals surface area (Å²) < 4.78 is 1.86. The number of benzene rings is 2. The maximum Gasteiger partial charge on any atom is 0.250 e. The molecule has 3 heterocycles. The minimum atomic E-state index is -0.462. The number of carbonyl (C=O) groups excluding carboxylic acids is 1. The van der Waals surface area contributed by atoms with E-state index in [1.165, 1.54) is 24.9 Å². The molecule has 4 aromatic rings. The first-order chi connectivity index (χ1) is 15.2. The van der Waals surface area contributed by atoms with E-state index in [-0.39, 0.29) is 0 Å². The van der Waals surface area contributed by atoms with Crippen LogP contribution in [0, 0.1) is 0 Å². The van der Waals surface area contributed by atoms with Crippen molar-refractivity contribution >= 4 is 34.1 Å². The van der Waals surface area contributed by atoms with Crippen molar-refractivity contribution in [1.29, 1.82) is 0 Å². The number of nitrogens with one attached hydrogen (secondary N) is 1. The number of nitrogens with two attached hydrogens (primary N) is 1. The number of aromatic nitrogens is 3. The Morgan fingerprint density at radius 2 is 1.74 bits per heavy atom. The van der Waals surface area contributed by atoms with Gasteiger partial charge in [-0.1, -0.05) is 18.2 Å². The lowest BCUT2D eigenvalue weighted by atomic mass is 10.1.